The fourth-order valence-corrected chi connectivity index (χ4v) is 2.01. The average Bonchev–Trinajstić information content (AvgIpc) is 2.69. The molecule has 1 heterocycles. The Hall–Kier alpha value is -3.02. The molecule has 1 aromatic rings. The van der Waals surface area contributed by atoms with E-state index in [0.717, 1.165) is 24.4 Å². The largest absolute Gasteiger partial charge is 0.370 e. The van der Waals surface area contributed by atoms with Gasteiger partial charge in [0.1, 0.15) is 0 Å². The molecule has 6 heteroatoms. The third-order valence-electron chi connectivity index (χ3n) is 3.53. The first-order chi connectivity index (χ1) is 12.7. The number of allylic oxidation sites excluding steroid dienone is 4. The van der Waals surface area contributed by atoms with Crippen LogP contribution in [0.5, 0.6) is 0 Å². The van der Waals surface area contributed by atoms with Crippen molar-refractivity contribution in [2.45, 2.75) is 20.3 Å². The fourth-order valence-electron chi connectivity index (χ4n) is 2.01. The van der Waals surface area contributed by atoms with Crippen LogP contribution in [0.25, 0.3) is 0 Å². The van der Waals surface area contributed by atoms with E-state index in [1.807, 2.05) is 38.3 Å². The van der Waals surface area contributed by atoms with E-state index in [1.165, 1.54) is 0 Å². The van der Waals surface area contributed by atoms with Gasteiger partial charge in [0.2, 0.25) is 0 Å². The number of aromatic nitrogens is 1. The van der Waals surface area contributed by atoms with Gasteiger partial charge in [0.05, 0.1) is 6.54 Å². The third kappa shape index (κ3) is 8.73. The Morgan fingerprint density at radius 3 is 2.65 bits per heavy atom. The van der Waals surface area contributed by atoms with Crippen LogP contribution in [0, 0.1) is 0 Å². The molecule has 0 saturated heterocycles. The van der Waals surface area contributed by atoms with Gasteiger partial charge in [-0.15, -0.1) is 0 Å². The van der Waals surface area contributed by atoms with Crippen molar-refractivity contribution in [3.63, 3.8) is 0 Å². The zero-order chi connectivity index (χ0) is 19.0. The van der Waals surface area contributed by atoms with Gasteiger partial charge < -0.3 is 21.3 Å². The van der Waals surface area contributed by atoms with Crippen LogP contribution < -0.4 is 21.3 Å². The second-order valence-corrected chi connectivity index (χ2v) is 5.37. The summed E-state index contributed by atoms with van der Waals surface area (Å²) < 4.78 is 0. The molecule has 0 fully saturated rings. The van der Waals surface area contributed by atoms with Gasteiger partial charge in [-0.05, 0) is 38.6 Å². The lowest BCUT2D eigenvalue weighted by atomic mass is 10.3. The minimum atomic E-state index is 0.426. The minimum Gasteiger partial charge on any atom is -0.370 e. The van der Waals surface area contributed by atoms with Crippen molar-refractivity contribution >= 4 is 11.6 Å². The summed E-state index contributed by atoms with van der Waals surface area (Å²) in [5.74, 6) is 0.426. The van der Waals surface area contributed by atoms with Crippen LogP contribution in [0.3, 0.4) is 0 Å². The first kappa shape index (κ1) is 21.0. The Bertz CT molecular complexity index is 644. The highest BCUT2D eigenvalue weighted by Gasteiger charge is 1.99. The number of hydrogen-bond donors (Lipinski definition) is 3. The SMILES string of the molecule is C/C=C\CN(/C=C\C/C=C/N/C(=C/C)CNC(N)=NC)c1ccncc1. The predicted molar refractivity (Wildman–Crippen MR) is 112 cm³/mol. The summed E-state index contributed by atoms with van der Waals surface area (Å²) in [6, 6.07) is 4.00. The Kier molecular flexibility index (Phi) is 10.7. The monoisotopic (exact) mass is 354 g/mol. The number of pyridine rings is 1. The molecule has 1 aromatic heterocycles. The summed E-state index contributed by atoms with van der Waals surface area (Å²) in [6.45, 7) is 5.44. The highest BCUT2D eigenvalue weighted by atomic mass is 15.1. The smallest absolute Gasteiger partial charge is 0.188 e. The van der Waals surface area contributed by atoms with E-state index < -0.39 is 0 Å². The lowest BCUT2D eigenvalue weighted by molar-refractivity contribution is 0.883. The van der Waals surface area contributed by atoms with Crippen molar-refractivity contribution in [2.75, 3.05) is 25.0 Å². The predicted octanol–water partition coefficient (Wildman–Crippen LogP) is 2.91. The molecule has 0 bridgehead atoms. The van der Waals surface area contributed by atoms with Gasteiger partial charge in [-0.1, -0.05) is 30.4 Å². The molecule has 0 aliphatic heterocycles. The molecule has 0 atom stereocenters. The number of anilines is 1. The lowest BCUT2D eigenvalue weighted by Gasteiger charge is -2.18. The van der Waals surface area contributed by atoms with Crippen LogP contribution in [-0.4, -0.2) is 31.1 Å². The molecule has 1 rings (SSSR count). The van der Waals surface area contributed by atoms with Crippen LogP contribution in [0.4, 0.5) is 5.69 Å². The van der Waals surface area contributed by atoms with Crippen LogP contribution in [0.1, 0.15) is 20.3 Å². The maximum absolute atomic E-state index is 5.62. The number of nitrogens with one attached hydrogen (secondary N) is 2. The standard InChI is InChI=1S/C20H30N6/c1-4-6-15-26(19-10-13-23-14-11-19)16-9-7-8-12-24-18(5-2)17-25-20(21)22-3/h4-6,8-14,16,24H,7,15,17H2,1-3H3,(H3,21,22,25)/b6-4-,12-8+,16-9-,18-5+. The van der Waals surface area contributed by atoms with Gasteiger partial charge in [-0.2, -0.15) is 0 Å². The number of guanidine groups is 1. The maximum atomic E-state index is 5.62. The van der Waals surface area contributed by atoms with Crippen molar-refractivity contribution in [3.05, 3.63) is 73.0 Å². The summed E-state index contributed by atoms with van der Waals surface area (Å²) in [5.41, 5.74) is 7.77. The van der Waals surface area contributed by atoms with Gasteiger partial charge in [0, 0.05) is 43.6 Å². The molecule has 140 valence electrons. The van der Waals surface area contributed by atoms with Crippen molar-refractivity contribution in [1.29, 1.82) is 0 Å². The van der Waals surface area contributed by atoms with Crippen LogP contribution >= 0.6 is 0 Å². The van der Waals surface area contributed by atoms with Crippen molar-refractivity contribution in [1.82, 2.24) is 15.6 Å². The molecular weight excluding hydrogens is 324 g/mol. The third-order valence-corrected chi connectivity index (χ3v) is 3.53. The van der Waals surface area contributed by atoms with Gasteiger partial charge >= 0.3 is 0 Å². The molecule has 0 saturated carbocycles. The Balaban J connectivity index is 2.48. The van der Waals surface area contributed by atoms with Gasteiger partial charge in [0.25, 0.3) is 0 Å². The van der Waals surface area contributed by atoms with Crippen LogP contribution in [0.15, 0.2) is 78.0 Å². The van der Waals surface area contributed by atoms with Gasteiger partial charge in [-0.3, -0.25) is 9.98 Å². The van der Waals surface area contributed by atoms with E-state index in [0.29, 0.717) is 12.5 Å². The fraction of sp³-hybridized carbons (Fsp3) is 0.300. The summed E-state index contributed by atoms with van der Waals surface area (Å²) >= 11 is 0. The van der Waals surface area contributed by atoms with Crippen LogP contribution in [-0.2, 0) is 0 Å². The molecule has 26 heavy (non-hydrogen) atoms. The van der Waals surface area contributed by atoms with E-state index in [2.05, 4.69) is 56.0 Å². The molecule has 0 unspecified atom stereocenters. The number of rotatable bonds is 10. The van der Waals surface area contributed by atoms with Gasteiger partial charge in [-0.25, -0.2) is 0 Å². The Labute approximate surface area is 156 Å². The summed E-state index contributed by atoms with van der Waals surface area (Å²) in [6.07, 6.45) is 18.8. The summed E-state index contributed by atoms with van der Waals surface area (Å²) in [7, 11) is 1.66. The van der Waals surface area contributed by atoms with Crippen molar-refractivity contribution in [3.8, 4) is 0 Å². The maximum Gasteiger partial charge on any atom is 0.188 e. The van der Waals surface area contributed by atoms with E-state index in [-0.39, 0.29) is 0 Å². The van der Waals surface area contributed by atoms with Crippen molar-refractivity contribution < 1.29 is 0 Å². The zero-order valence-electron chi connectivity index (χ0n) is 15.9. The van der Waals surface area contributed by atoms with Gasteiger partial charge in [0.15, 0.2) is 5.96 Å². The quantitative estimate of drug-likeness (QED) is 0.342. The van der Waals surface area contributed by atoms with E-state index in [9.17, 15) is 0 Å². The topological polar surface area (TPSA) is 78.6 Å². The minimum absolute atomic E-state index is 0.426. The van der Waals surface area contributed by atoms with Crippen LogP contribution in [0.2, 0.25) is 0 Å². The zero-order valence-corrected chi connectivity index (χ0v) is 15.9. The molecule has 0 aliphatic carbocycles. The highest BCUT2D eigenvalue weighted by Crippen LogP contribution is 2.12. The second kappa shape index (κ2) is 13.3. The molecule has 0 aromatic carbocycles. The molecule has 0 radical (unpaired) electrons. The lowest BCUT2D eigenvalue weighted by Crippen LogP contribution is -2.34. The average molecular weight is 355 g/mol. The van der Waals surface area contributed by atoms with E-state index in [4.69, 9.17) is 5.73 Å². The van der Waals surface area contributed by atoms with E-state index in [1.54, 1.807) is 19.4 Å². The Morgan fingerprint density at radius 2 is 2.00 bits per heavy atom. The first-order valence-corrected chi connectivity index (χ1v) is 8.68. The second-order valence-electron chi connectivity index (χ2n) is 5.37. The van der Waals surface area contributed by atoms with Crippen molar-refractivity contribution in [2.24, 2.45) is 10.7 Å². The summed E-state index contributed by atoms with van der Waals surface area (Å²) in [5, 5.41) is 6.26. The number of aliphatic imine (C=N–C) groups is 1. The number of hydrogen-bond acceptors (Lipinski definition) is 4. The molecular formula is C20H30N6. The number of nitrogens with zero attached hydrogens (tertiary/aromatic N) is 3. The highest BCUT2D eigenvalue weighted by molar-refractivity contribution is 5.77. The van der Waals surface area contributed by atoms with E-state index >= 15 is 0 Å². The molecule has 6 nitrogen and oxygen atoms in total. The first-order valence-electron chi connectivity index (χ1n) is 8.68. The molecule has 0 spiro atoms. The molecule has 0 amide bonds. The normalized spacial score (nSPS) is 13.0. The molecule has 0 aliphatic rings. The molecule has 4 N–H and O–H groups in total. The summed E-state index contributed by atoms with van der Waals surface area (Å²) in [4.78, 5) is 10.1. The number of nitrogens with two attached hydrogens (primary N) is 1. The Morgan fingerprint density at radius 1 is 1.23 bits per heavy atom.